The molecule has 0 saturated carbocycles. The fourth-order valence-corrected chi connectivity index (χ4v) is 2.34. The second kappa shape index (κ2) is 7.15. The lowest BCUT2D eigenvalue weighted by molar-refractivity contribution is 0.262. The number of rotatable bonds is 3. The molecule has 0 bridgehead atoms. The number of carbonyl (C=O) groups is 1. The third kappa shape index (κ3) is 4.12. The zero-order valence-electron chi connectivity index (χ0n) is 12.6. The van der Waals surface area contributed by atoms with E-state index in [0.29, 0.717) is 16.4 Å². The number of amides is 2. The van der Waals surface area contributed by atoms with E-state index < -0.39 is 0 Å². The summed E-state index contributed by atoms with van der Waals surface area (Å²) in [6.07, 6.45) is 0. The van der Waals surface area contributed by atoms with Crippen molar-refractivity contribution in [1.82, 2.24) is 0 Å². The van der Waals surface area contributed by atoms with Gasteiger partial charge in [-0.2, -0.15) is 0 Å². The lowest BCUT2D eigenvalue weighted by Gasteiger charge is -2.09. The molecule has 0 aliphatic carbocycles. The van der Waals surface area contributed by atoms with Crippen LogP contribution in [0.2, 0.25) is 5.02 Å². The molecule has 0 spiro atoms. The average molecular weight is 341 g/mol. The number of anilines is 2. The Balaban J connectivity index is 1.64. The summed E-state index contributed by atoms with van der Waals surface area (Å²) in [6, 6.07) is 20.1. The molecule has 0 saturated heterocycles. The SMILES string of the molecule is O=C(Nc1ccc(Cl)cc1)Nc1ccc(-c2ccc(F)cc2)cc1. The molecule has 0 atom stereocenters. The Kier molecular flexibility index (Phi) is 4.77. The van der Waals surface area contributed by atoms with Crippen LogP contribution in [0, 0.1) is 5.82 Å². The molecule has 120 valence electrons. The fraction of sp³-hybridized carbons (Fsp3) is 0. The van der Waals surface area contributed by atoms with Crippen molar-refractivity contribution in [3.8, 4) is 11.1 Å². The molecule has 3 aromatic carbocycles. The Morgan fingerprint density at radius 1 is 0.708 bits per heavy atom. The van der Waals surface area contributed by atoms with Gasteiger partial charge in [0.15, 0.2) is 0 Å². The van der Waals surface area contributed by atoms with E-state index in [-0.39, 0.29) is 11.8 Å². The van der Waals surface area contributed by atoms with E-state index in [9.17, 15) is 9.18 Å². The third-order valence-corrected chi connectivity index (χ3v) is 3.67. The van der Waals surface area contributed by atoms with E-state index in [1.807, 2.05) is 12.1 Å². The molecule has 0 aliphatic heterocycles. The first-order chi connectivity index (χ1) is 11.6. The Labute approximate surface area is 144 Å². The van der Waals surface area contributed by atoms with Crippen molar-refractivity contribution in [2.24, 2.45) is 0 Å². The minimum Gasteiger partial charge on any atom is -0.308 e. The van der Waals surface area contributed by atoms with Gasteiger partial charge < -0.3 is 10.6 Å². The molecule has 0 radical (unpaired) electrons. The van der Waals surface area contributed by atoms with Crippen molar-refractivity contribution in [2.45, 2.75) is 0 Å². The van der Waals surface area contributed by atoms with Gasteiger partial charge in [-0.05, 0) is 59.7 Å². The van der Waals surface area contributed by atoms with Crippen LogP contribution in [0.15, 0.2) is 72.8 Å². The number of halogens is 2. The van der Waals surface area contributed by atoms with Crippen molar-refractivity contribution in [1.29, 1.82) is 0 Å². The molecule has 3 aromatic rings. The zero-order valence-corrected chi connectivity index (χ0v) is 13.3. The van der Waals surface area contributed by atoms with Crippen molar-refractivity contribution < 1.29 is 9.18 Å². The van der Waals surface area contributed by atoms with Crippen LogP contribution in [0.3, 0.4) is 0 Å². The second-order valence-corrected chi connectivity index (χ2v) is 5.61. The first-order valence-corrected chi connectivity index (χ1v) is 7.67. The first kappa shape index (κ1) is 16.0. The summed E-state index contributed by atoms with van der Waals surface area (Å²) in [6.45, 7) is 0. The smallest absolute Gasteiger partial charge is 0.308 e. The first-order valence-electron chi connectivity index (χ1n) is 7.30. The van der Waals surface area contributed by atoms with Crippen LogP contribution < -0.4 is 10.6 Å². The van der Waals surface area contributed by atoms with Crippen LogP contribution in [-0.2, 0) is 0 Å². The van der Waals surface area contributed by atoms with Crippen LogP contribution in [0.25, 0.3) is 11.1 Å². The van der Waals surface area contributed by atoms with Crippen LogP contribution in [0.1, 0.15) is 0 Å². The Bertz CT molecular complexity index is 831. The monoisotopic (exact) mass is 340 g/mol. The lowest BCUT2D eigenvalue weighted by Crippen LogP contribution is -2.19. The van der Waals surface area contributed by atoms with Crippen molar-refractivity contribution in [3.05, 3.63) is 83.6 Å². The van der Waals surface area contributed by atoms with Crippen molar-refractivity contribution in [3.63, 3.8) is 0 Å². The van der Waals surface area contributed by atoms with Crippen LogP contribution in [0.4, 0.5) is 20.6 Å². The van der Waals surface area contributed by atoms with Gasteiger partial charge in [-0.25, -0.2) is 9.18 Å². The number of carbonyl (C=O) groups excluding carboxylic acids is 1. The maximum atomic E-state index is 12.9. The zero-order chi connectivity index (χ0) is 16.9. The molecule has 3 rings (SSSR count). The molecule has 0 aliphatic rings. The van der Waals surface area contributed by atoms with Gasteiger partial charge in [0.2, 0.25) is 0 Å². The van der Waals surface area contributed by atoms with Crippen LogP contribution >= 0.6 is 11.6 Å². The van der Waals surface area contributed by atoms with Gasteiger partial charge >= 0.3 is 6.03 Å². The third-order valence-electron chi connectivity index (χ3n) is 3.42. The van der Waals surface area contributed by atoms with E-state index in [1.165, 1.54) is 12.1 Å². The highest BCUT2D eigenvalue weighted by molar-refractivity contribution is 6.30. The van der Waals surface area contributed by atoms with Gasteiger partial charge in [0.05, 0.1) is 0 Å². The quantitative estimate of drug-likeness (QED) is 0.622. The Morgan fingerprint density at radius 3 is 1.62 bits per heavy atom. The molecule has 2 amide bonds. The summed E-state index contributed by atoms with van der Waals surface area (Å²) < 4.78 is 12.9. The molecule has 2 N–H and O–H groups in total. The molecule has 0 aromatic heterocycles. The molecular weight excluding hydrogens is 327 g/mol. The van der Waals surface area contributed by atoms with Gasteiger partial charge in [-0.3, -0.25) is 0 Å². The fourth-order valence-electron chi connectivity index (χ4n) is 2.22. The highest BCUT2D eigenvalue weighted by atomic mass is 35.5. The van der Waals surface area contributed by atoms with Crippen LogP contribution in [-0.4, -0.2) is 6.03 Å². The standard InChI is InChI=1S/C19H14ClFN2O/c20-15-5-11-18(12-6-15)23-19(24)22-17-9-3-14(4-10-17)13-1-7-16(21)8-2-13/h1-12H,(H2,22,23,24). The minimum atomic E-state index is -0.341. The van der Waals surface area contributed by atoms with E-state index >= 15 is 0 Å². The topological polar surface area (TPSA) is 41.1 Å². The van der Waals surface area contributed by atoms with E-state index in [2.05, 4.69) is 10.6 Å². The Hall–Kier alpha value is -2.85. The van der Waals surface area contributed by atoms with Gasteiger partial charge in [-0.1, -0.05) is 35.9 Å². The van der Waals surface area contributed by atoms with Crippen molar-refractivity contribution in [2.75, 3.05) is 10.6 Å². The Morgan fingerprint density at radius 2 is 1.12 bits per heavy atom. The molecule has 24 heavy (non-hydrogen) atoms. The van der Waals surface area contributed by atoms with Gasteiger partial charge in [-0.15, -0.1) is 0 Å². The summed E-state index contributed by atoms with van der Waals surface area (Å²) in [4.78, 5) is 12.0. The van der Waals surface area contributed by atoms with E-state index in [0.717, 1.165) is 11.1 Å². The summed E-state index contributed by atoms with van der Waals surface area (Å²) in [7, 11) is 0. The highest BCUT2D eigenvalue weighted by Gasteiger charge is 2.04. The number of benzene rings is 3. The molecule has 3 nitrogen and oxygen atoms in total. The van der Waals surface area contributed by atoms with Gasteiger partial charge in [0.25, 0.3) is 0 Å². The summed E-state index contributed by atoms with van der Waals surface area (Å²) in [5, 5.41) is 6.08. The summed E-state index contributed by atoms with van der Waals surface area (Å²) >= 11 is 5.80. The molecule has 0 unspecified atom stereocenters. The van der Waals surface area contributed by atoms with E-state index in [1.54, 1.807) is 48.5 Å². The number of urea groups is 1. The minimum absolute atomic E-state index is 0.268. The largest absolute Gasteiger partial charge is 0.323 e. The maximum Gasteiger partial charge on any atom is 0.323 e. The van der Waals surface area contributed by atoms with E-state index in [4.69, 9.17) is 11.6 Å². The predicted octanol–water partition coefficient (Wildman–Crippen LogP) is 5.79. The summed E-state index contributed by atoms with van der Waals surface area (Å²) in [5.74, 6) is -0.268. The van der Waals surface area contributed by atoms with Gasteiger partial charge in [0, 0.05) is 16.4 Å². The molecule has 0 heterocycles. The molecule has 0 fully saturated rings. The van der Waals surface area contributed by atoms with Gasteiger partial charge in [0.1, 0.15) is 5.82 Å². The predicted molar refractivity (Wildman–Crippen MR) is 95.9 cm³/mol. The number of hydrogen-bond acceptors (Lipinski definition) is 1. The normalized spacial score (nSPS) is 10.2. The maximum absolute atomic E-state index is 12.9. The number of hydrogen-bond donors (Lipinski definition) is 2. The average Bonchev–Trinajstić information content (AvgIpc) is 2.58. The number of nitrogens with one attached hydrogen (secondary N) is 2. The summed E-state index contributed by atoms with van der Waals surface area (Å²) in [5.41, 5.74) is 3.17. The van der Waals surface area contributed by atoms with Crippen LogP contribution in [0.5, 0.6) is 0 Å². The molecular formula is C19H14ClFN2O. The molecule has 5 heteroatoms. The second-order valence-electron chi connectivity index (χ2n) is 5.17. The van der Waals surface area contributed by atoms with Crippen molar-refractivity contribution >= 4 is 29.0 Å². The highest BCUT2D eigenvalue weighted by Crippen LogP contribution is 2.22. The lowest BCUT2D eigenvalue weighted by atomic mass is 10.1.